The minimum absolute atomic E-state index is 0.0305. The molecule has 1 saturated heterocycles. The quantitative estimate of drug-likeness (QED) is 0.908. The SMILES string of the molecule is COc1cc(Cl)c(C)cc1Nc1cncc(C(=O)N2CCCC2)c1. The highest BCUT2D eigenvalue weighted by atomic mass is 35.5. The van der Waals surface area contributed by atoms with Crippen LogP contribution >= 0.6 is 11.6 Å². The van der Waals surface area contributed by atoms with Crippen molar-refractivity contribution in [2.75, 3.05) is 25.5 Å². The lowest BCUT2D eigenvalue weighted by molar-refractivity contribution is 0.0792. The van der Waals surface area contributed by atoms with Crippen LogP contribution in [-0.4, -0.2) is 36.0 Å². The number of aryl methyl sites for hydroxylation is 1. The number of benzene rings is 1. The van der Waals surface area contributed by atoms with Crippen LogP contribution in [0.15, 0.2) is 30.6 Å². The highest BCUT2D eigenvalue weighted by Gasteiger charge is 2.20. The van der Waals surface area contributed by atoms with Crippen molar-refractivity contribution in [3.05, 3.63) is 46.7 Å². The topological polar surface area (TPSA) is 54.5 Å². The van der Waals surface area contributed by atoms with Gasteiger partial charge >= 0.3 is 0 Å². The average molecular weight is 346 g/mol. The van der Waals surface area contributed by atoms with E-state index in [1.807, 2.05) is 24.0 Å². The predicted octanol–water partition coefficient (Wildman–Crippen LogP) is 4.03. The Kier molecular flexibility index (Phi) is 4.90. The number of ether oxygens (including phenoxy) is 1. The Morgan fingerprint density at radius 1 is 1.25 bits per heavy atom. The molecule has 0 saturated carbocycles. The lowest BCUT2D eigenvalue weighted by atomic mass is 10.2. The number of amides is 1. The van der Waals surface area contributed by atoms with E-state index in [4.69, 9.17) is 16.3 Å². The number of rotatable bonds is 4. The monoisotopic (exact) mass is 345 g/mol. The molecule has 24 heavy (non-hydrogen) atoms. The van der Waals surface area contributed by atoms with Crippen molar-refractivity contribution < 1.29 is 9.53 Å². The third-order valence-electron chi connectivity index (χ3n) is 4.14. The first-order valence-electron chi connectivity index (χ1n) is 7.94. The van der Waals surface area contributed by atoms with Crippen LogP contribution in [0.1, 0.15) is 28.8 Å². The van der Waals surface area contributed by atoms with Gasteiger partial charge in [0.2, 0.25) is 0 Å². The molecule has 2 aromatic rings. The summed E-state index contributed by atoms with van der Waals surface area (Å²) >= 11 is 6.14. The molecule has 0 unspecified atom stereocenters. The van der Waals surface area contributed by atoms with Gasteiger partial charge in [0.25, 0.3) is 5.91 Å². The Bertz CT molecular complexity index is 758. The summed E-state index contributed by atoms with van der Waals surface area (Å²) in [5, 5.41) is 3.91. The molecule has 0 atom stereocenters. The number of likely N-dealkylation sites (tertiary alicyclic amines) is 1. The summed E-state index contributed by atoms with van der Waals surface area (Å²) in [4.78, 5) is 18.6. The van der Waals surface area contributed by atoms with Crippen LogP contribution in [0.3, 0.4) is 0 Å². The van der Waals surface area contributed by atoms with Crippen LogP contribution in [0.5, 0.6) is 5.75 Å². The van der Waals surface area contributed by atoms with Gasteiger partial charge in [0.15, 0.2) is 0 Å². The molecule has 0 bridgehead atoms. The van der Waals surface area contributed by atoms with E-state index < -0.39 is 0 Å². The number of pyridine rings is 1. The molecule has 126 valence electrons. The Labute approximate surface area is 146 Å². The fourth-order valence-electron chi connectivity index (χ4n) is 2.81. The Balaban J connectivity index is 1.85. The van der Waals surface area contributed by atoms with Crippen LogP contribution in [0.2, 0.25) is 5.02 Å². The second-order valence-electron chi connectivity index (χ2n) is 5.89. The molecule has 3 rings (SSSR count). The molecule has 5 nitrogen and oxygen atoms in total. The zero-order valence-electron chi connectivity index (χ0n) is 13.8. The van der Waals surface area contributed by atoms with Crippen LogP contribution in [0.25, 0.3) is 0 Å². The van der Waals surface area contributed by atoms with Gasteiger partial charge in [-0.1, -0.05) is 11.6 Å². The number of aromatic nitrogens is 1. The van der Waals surface area contributed by atoms with Crippen molar-refractivity contribution in [1.82, 2.24) is 9.88 Å². The molecule has 6 heteroatoms. The number of hydrogen-bond donors (Lipinski definition) is 1. The second-order valence-corrected chi connectivity index (χ2v) is 6.30. The molecule has 1 N–H and O–H groups in total. The molecule has 0 aliphatic carbocycles. The third-order valence-corrected chi connectivity index (χ3v) is 4.55. The van der Waals surface area contributed by atoms with Gasteiger partial charge in [0.05, 0.1) is 30.2 Å². The minimum atomic E-state index is 0.0305. The lowest BCUT2D eigenvalue weighted by Gasteiger charge is -2.16. The predicted molar refractivity (Wildman–Crippen MR) is 95.4 cm³/mol. The second kappa shape index (κ2) is 7.09. The van der Waals surface area contributed by atoms with E-state index >= 15 is 0 Å². The number of anilines is 2. The first-order chi connectivity index (χ1) is 11.6. The van der Waals surface area contributed by atoms with E-state index in [1.54, 1.807) is 25.6 Å². The first-order valence-corrected chi connectivity index (χ1v) is 8.32. The maximum Gasteiger partial charge on any atom is 0.255 e. The van der Waals surface area contributed by atoms with Crippen molar-refractivity contribution in [3.63, 3.8) is 0 Å². The maximum absolute atomic E-state index is 12.5. The van der Waals surface area contributed by atoms with Gasteiger partial charge in [0.1, 0.15) is 5.75 Å². The van der Waals surface area contributed by atoms with E-state index in [9.17, 15) is 4.79 Å². The average Bonchev–Trinajstić information content (AvgIpc) is 3.12. The molecule has 0 radical (unpaired) electrons. The van der Waals surface area contributed by atoms with Crippen LogP contribution in [0, 0.1) is 6.92 Å². The molecule has 1 fully saturated rings. The number of methoxy groups -OCH3 is 1. The zero-order valence-corrected chi connectivity index (χ0v) is 14.6. The minimum Gasteiger partial charge on any atom is -0.495 e. The molecule has 1 aromatic carbocycles. The zero-order chi connectivity index (χ0) is 17.1. The van der Waals surface area contributed by atoms with Crippen LogP contribution < -0.4 is 10.1 Å². The number of halogens is 1. The van der Waals surface area contributed by atoms with Crippen LogP contribution in [0.4, 0.5) is 11.4 Å². The highest BCUT2D eigenvalue weighted by Crippen LogP contribution is 2.33. The summed E-state index contributed by atoms with van der Waals surface area (Å²) in [7, 11) is 1.59. The summed E-state index contributed by atoms with van der Waals surface area (Å²) in [6.07, 6.45) is 5.43. The van der Waals surface area contributed by atoms with Gasteiger partial charge in [-0.25, -0.2) is 0 Å². The van der Waals surface area contributed by atoms with Gasteiger partial charge in [-0.3, -0.25) is 9.78 Å². The fraction of sp³-hybridized carbons (Fsp3) is 0.333. The molecular weight excluding hydrogens is 326 g/mol. The Morgan fingerprint density at radius 2 is 2.00 bits per heavy atom. The molecule has 0 spiro atoms. The number of nitrogens with zero attached hydrogens (tertiary/aromatic N) is 2. The van der Waals surface area contributed by atoms with E-state index in [0.717, 1.165) is 42.9 Å². The number of carbonyl (C=O) groups is 1. The van der Waals surface area contributed by atoms with Crippen molar-refractivity contribution in [1.29, 1.82) is 0 Å². The molecule has 1 aromatic heterocycles. The number of hydrogen-bond acceptors (Lipinski definition) is 4. The normalized spacial score (nSPS) is 13.9. The van der Waals surface area contributed by atoms with Gasteiger partial charge in [-0.2, -0.15) is 0 Å². The number of carbonyl (C=O) groups excluding carboxylic acids is 1. The van der Waals surface area contributed by atoms with Crippen LogP contribution in [-0.2, 0) is 0 Å². The smallest absolute Gasteiger partial charge is 0.255 e. The van der Waals surface area contributed by atoms with Crippen molar-refractivity contribution >= 4 is 28.9 Å². The first kappa shape index (κ1) is 16.6. The van der Waals surface area contributed by atoms with Gasteiger partial charge in [-0.15, -0.1) is 0 Å². The molecule has 2 heterocycles. The Morgan fingerprint density at radius 3 is 2.71 bits per heavy atom. The highest BCUT2D eigenvalue weighted by molar-refractivity contribution is 6.31. The van der Waals surface area contributed by atoms with Crippen molar-refractivity contribution in [2.24, 2.45) is 0 Å². The van der Waals surface area contributed by atoms with Gasteiger partial charge in [-0.05, 0) is 37.5 Å². The standard InChI is InChI=1S/C18H20ClN3O2/c1-12-7-16(17(24-2)9-15(12)19)21-14-8-13(10-20-11-14)18(23)22-5-3-4-6-22/h7-11,21H,3-6H2,1-2H3. The maximum atomic E-state index is 12.5. The lowest BCUT2D eigenvalue weighted by Crippen LogP contribution is -2.27. The Hall–Kier alpha value is -2.27. The molecule has 1 amide bonds. The number of nitrogens with one attached hydrogen (secondary N) is 1. The van der Waals surface area contributed by atoms with E-state index in [0.29, 0.717) is 16.3 Å². The summed E-state index contributed by atoms with van der Waals surface area (Å²) in [6.45, 7) is 3.57. The third kappa shape index (κ3) is 3.46. The molecular formula is C18H20ClN3O2. The van der Waals surface area contributed by atoms with E-state index in [1.165, 1.54) is 0 Å². The summed E-state index contributed by atoms with van der Waals surface area (Å²) < 4.78 is 5.37. The van der Waals surface area contributed by atoms with E-state index in [2.05, 4.69) is 10.3 Å². The fourth-order valence-corrected chi connectivity index (χ4v) is 2.97. The summed E-state index contributed by atoms with van der Waals surface area (Å²) in [5.74, 6) is 0.671. The summed E-state index contributed by atoms with van der Waals surface area (Å²) in [6, 6.07) is 5.50. The van der Waals surface area contributed by atoms with Crippen molar-refractivity contribution in [2.45, 2.75) is 19.8 Å². The van der Waals surface area contributed by atoms with Gasteiger partial charge < -0.3 is 15.0 Å². The molecule has 1 aliphatic rings. The van der Waals surface area contributed by atoms with E-state index in [-0.39, 0.29) is 5.91 Å². The summed E-state index contributed by atoms with van der Waals surface area (Å²) in [5.41, 5.74) is 3.05. The molecule has 1 aliphatic heterocycles. The van der Waals surface area contributed by atoms with Crippen molar-refractivity contribution in [3.8, 4) is 5.75 Å². The van der Waals surface area contributed by atoms with Gasteiger partial charge in [0, 0.05) is 30.4 Å². The largest absolute Gasteiger partial charge is 0.495 e.